The van der Waals surface area contributed by atoms with Crippen LogP contribution in [-0.4, -0.2) is 9.97 Å². The molecule has 0 aliphatic heterocycles. The van der Waals surface area contributed by atoms with Gasteiger partial charge >= 0.3 is 0 Å². The number of fused-ring (bicyclic) bond motifs is 12. The van der Waals surface area contributed by atoms with Crippen LogP contribution in [0.2, 0.25) is 0 Å². The van der Waals surface area contributed by atoms with Crippen molar-refractivity contribution < 1.29 is 0 Å². The average Bonchev–Trinajstić information content (AvgIpc) is 3.37. The van der Waals surface area contributed by atoms with Crippen molar-refractivity contribution in [2.75, 3.05) is 0 Å². The number of pyridine rings is 2. The Morgan fingerprint density at radius 2 is 0.930 bits per heavy atom. The molecule has 2 aromatic heterocycles. The third-order valence-corrected chi connectivity index (χ3v) is 9.77. The zero-order valence-corrected chi connectivity index (χ0v) is 23.3. The van der Waals surface area contributed by atoms with Gasteiger partial charge in [-0.1, -0.05) is 115 Å². The standard InChI is InChI=1S/C41H24N2/c1-4-16-34-27(11-1)28-12-2-5-17-35(28)41(34)36-18-6-3-13-29(36)31-21-20-26(30-14-7-19-37(41)38(30)31)33-24-25-10-8-22-42-39(25)40-32(33)15-9-23-43-40/h1-24H. The van der Waals surface area contributed by atoms with E-state index in [1.54, 1.807) is 0 Å². The van der Waals surface area contributed by atoms with Crippen LogP contribution in [0.25, 0.3) is 66.0 Å². The quantitative estimate of drug-likeness (QED) is 0.192. The third-order valence-electron chi connectivity index (χ3n) is 9.77. The molecule has 1 spiro atoms. The highest BCUT2D eigenvalue weighted by molar-refractivity contribution is 6.17. The Morgan fingerprint density at radius 1 is 0.372 bits per heavy atom. The van der Waals surface area contributed by atoms with Crippen LogP contribution in [0.3, 0.4) is 0 Å². The highest BCUT2D eigenvalue weighted by Crippen LogP contribution is 2.62. The van der Waals surface area contributed by atoms with Crippen LogP contribution in [0.4, 0.5) is 0 Å². The normalized spacial score (nSPS) is 13.8. The van der Waals surface area contributed by atoms with Gasteiger partial charge in [-0.15, -0.1) is 0 Å². The van der Waals surface area contributed by atoms with E-state index in [0.29, 0.717) is 0 Å². The van der Waals surface area contributed by atoms with Crippen LogP contribution in [0.15, 0.2) is 146 Å². The second-order valence-corrected chi connectivity index (χ2v) is 11.7. The lowest BCUT2D eigenvalue weighted by molar-refractivity contribution is 0.773. The van der Waals surface area contributed by atoms with Crippen molar-refractivity contribution >= 4 is 32.6 Å². The lowest BCUT2D eigenvalue weighted by atomic mass is 9.61. The molecule has 0 unspecified atom stereocenters. The molecule has 8 aromatic rings. The molecule has 198 valence electrons. The second-order valence-electron chi connectivity index (χ2n) is 11.7. The van der Waals surface area contributed by atoms with Gasteiger partial charge in [-0.05, 0) is 84.6 Å². The fourth-order valence-corrected chi connectivity index (χ4v) is 8.18. The zero-order valence-electron chi connectivity index (χ0n) is 23.3. The molecule has 0 N–H and O–H groups in total. The summed E-state index contributed by atoms with van der Waals surface area (Å²) in [5.41, 5.74) is 14.6. The zero-order chi connectivity index (χ0) is 28.1. The molecule has 0 saturated carbocycles. The number of aromatic nitrogens is 2. The summed E-state index contributed by atoms with van der Waals surface area (Å²) >= 11 is 0. The Morgan fingerprint density at radius 3 is 1.65 bits per heavy atom. The summed E-state index contributed by atoms with van der Waals surface area (Å²) in [5, 5.41) is 4.81. The smallest absolute Gasteiger partial charge is 0.0970 e. The molecule has 2 heterocycles. The van der Waals surface area contributed by atoms with Gasteiger partial charge < -0.3 is 0 Å². The Bertz CT molecular complexity index is 2430. The molecular weight excluding hydrogens is 520 g/mol. The summed E-state index contributed by atoms with van der Waals surface area (Å²) < 4.78 is 0. The number of hydrogen-bond donors (Lipinski definition) is 0. The molecule has 2 aliphatic carbocycles. The molecule has 0 atom stereocenters. The van der Waals surface area contributed by atoms with Gasteiger partial charge in [-0.25, -0.2) is 0 Å². The first-order valence-corrected chi connectivity index (χ1v) is 14.8. The maximum atomic E-state index is 4.81. The van der Waals surface area contributed by atoms with E-state index in [2.05, 4.69) is 121 Å². The molecule has 2 heteroatoms. The predicted molar refractivity (Wildman–Crippen MR) is 176 cm³/mol. The van der Waals surface area contributed by atoms with E-state index in [-0.39, 0.29) is 0 Å². The molecule has 43 heavy (non-hydrogen) atoms. The minimum Gasteiger partial charge on any atom is -0.254 e. The molecular formula is C41H24N2. The van der Waals surface area contributed by atoms with Crippen molar-refractivity contribution in [1.29, 1.82) is 0 Å². The van der Waals surface area contributed by atoms with Gasteiger partial charge in [-0.3, -0.25) is 9.97 Å². The lowest BCUT2D eigenvalue weighted by Crippen LogP contribution is -2.31. The van der Waals surface area contributed by atoms with Crippen LogP contribution in [-0.2, 0) is 5.41 Å². The van der Waals surface area contributed by atoms with Crippen LogP contribution in [0.5, 0.6) is 0 Å². The molecule has 2 aliphatic rings. The fraction of sp³-hybridized carbons (Fsp3) is 0.0244. The van der Waals surface area contributed by atoms with Crippen LogP contribution < -0.4 is 0 Å². The Labute approximate surface area is 248 Å². The first kappa shape index (κ1) is 23.0. The fourth-order valence-electron chi connectivity index (χ4n) is 8.18. The molecule has 0 radical (unpaired) electrons. The van der Waals surface area contributed by atoms with Gasteiger partial charge in [-0.2, -0.15) is 0 Å². The molecule has 0 amide bonds. The minimum atomic E-state index is -0.397. The predicted octanol–water partition coefficient (Wildman–Crippen LogP) is 9.95. The van der Waals surface area contributed by atoms with Crippen molar-refractivity contribution in [2.45, 2.75) is 5.41 Å². The van der Waals surface area contributed by atoms with Gasteiger partial charge in [0.05, 0.1) is 16.4 Å². The third kappa shape index (κ3) is 2.78. The number of rotatable bonds is 1. The minimum absolute atomic E-state index is 0.397. The Hall–Kier alpha value is -5.60. The van der Waals surface area contributed by atoms with Gasteiger partial charge in [0.25, 0.3) is 0 Å². The van der Waals surface area contributed by atoms with Gasteiger partial charge in [0.15, 0.2) is 0 Å². The first-order chi connectivity index (χ1) is 21.4. The van der Waals surface area contributed by atoms with E-state index in [4.69, 9.17) is 9.97 Å². The van der Waals surface area contributed by atoms with Crippen LogP contribution >= 0.6 is 0 Å². The number of benzene rings is 6. The highest BCUT2D eigenvalue weighted by Gasteiger charge is 2.49. The van der Waals surface area contributed by atoms with Crippen molar-refractivity contribution in [3.8, 4) is 33.4 Å². The average molecular weight is 545 g/mol. The Kier molecular flexibility index (Phi) is 4.41. The van der Waals surface area contributed by atoms with E-state index in [0.717, 1.165) is 21.8 Å². The topological polar surface area (TPSA) is 25.8 Å². The van der Waals surface area contributed by atoms with Crippen molar-refractivity contribution in [2.24, 2.45) is 0 Å². The summed E-state index contributed by atoms with van der Waals surface area (Å²) in [7, 11) is 0. The van der Waals surface area contributed by atoms with Gasteiger partial charge in [0.1, 0.15) is 0 Å². The molecule has 10 rings (SSSR count). The molecule has 0 bridgehead atoms. The number of hydrogen-bond acceptors (Lipinski definition) is 2. The summed E-state index contributed by atoms with van der Waals surface area (Å²) in [6.45, 7) is 0. The van der Waals surface area contributed by atoms with E-state index in [9.17, 15) is 0 Å². The maximum Gasteiger partial charge on any atom is 0.0970 e. The largest absolute Gasteiger partial charge is 0.254 e. The van der Waals surface area contributed by atoms with Crippen LogP contribution in [0.1, 0.15) is 22.3 Å². The van der Waals surface area contributed by atoms with Crippen LogP contribution in [0, 0.1) is 0 Å². The van der Waals surface area contributed by atoms with Gasteiger partial charge in [0, 0.05) is 23.2 Å². The maximum absolute atomic E-state index is 4.81. The van der Waals surface area contributed by atoms with E-state index in [1.807, 2.05) is 24.5 Å². The SMILES string of the molecule is c1ccc2c(c1)-c1ccccc1C21c2ccccc2-c2ccc(-c3cc4cccnc4c4ncccc34)c3cccc1c23. The van der Waals surface area contributed by atoms with E-state index in [1.165, 1.54) is 66.4 Å². The molecule has 6 aromatic carbocycles. The highest BCUT2D eigenvalue weighted by atomic mass is 14.7. The van der Waals surface area contributed by atoms with E-state index >= 15 is 0 Å². The molecule has 0 fully saturated rings. The Balaban J connectivity index is 1.39. The lowest BCUT2D eigenvalue weighted by Gasteiger charge is -2.40. The summed E-state index contributed by atoms with van der Waals surface area (Å²) in [5.74, 6) is 0. The second kappa shape index (κ2) is 8.24. The van der Waals surface area contributed by atoms with Gasteiger partial charge in [0.2, 0.25) is 0 Å². The monoisotopic (exact) mass is 544 g/mol. The van der Waals surface area contributed by atoms with Crippen molar-refractivity contribution in [1.82, 2.24) is 9.97 Å². The van der Waals surface area contributed by atoms with E-state index < -0.39 is 5.41 Å². The molecule has 0 saturated heterocycles. The van der Waals surface area contributed by atoms with Crippen molar-refractivity contribution in [3.63, 3.8) is 0 Å². The summed E-state index contributed by atoms with van der Waals surface area (Å²) in [4.78, 5) is 9.52. The summed E-state index contributed by atoms with van der Waals surface area (Å²) in [6.07, 6.45) is 3.72. The van der Waals surface area contributed by atoms with Crippen molar-refractivity contribution in [3.05, 3.63) is 168 Å². The first-order valence-electron chi connectivity index (χ1n) is 14.8. The number of nitrogens with zero attached hydrogens (tertiary/aromatic N) is 2. The summed E-state index contributed by atoms with van der Waals surface area (Å²) in [6, 6.07) is 49.3. The molecule has 2 nitrogen and oxygen atoms in total.